The fraction of sp³-hybridized carbons (Fsp3) is 0.368. The molecule has 5 heteroatoms. The van der Waals surface area contributed by atoms with Crippen LogP contribution >= 0.6 is 15.9 Å². The lowest BCUT2D eigenvalue weighted by atomic mass is 10.0. The van der Waals surface area contributed by atoms with Crippen molar-refractivity contribution in [2.75, 3.05) is 20.3 Å². The molecular weight excluding hydrogens is 370 g/mol. The van der Waals surface area contributed by atoms with Crippen LogP contribution in [0.4, 0.5) is 0 Å². The minimum Gasteiger partial charge on any atom is -0.493 e. The summed E-state index contributed by atoms with van der Waals surface area (Å²) in [7, 11) is 1.66. The first kappa shape index (κ1) is 17.1. The molecule has 0 spiro atoms. The minimum absolute atomic E-state index is 0.297. The molecule has 24 heavy (non-hydrogen) atoms. The van der Waals surface area contributed by atoms with Gasteiger partial charge in [-0.25, -0.2) is 0 Å². The van der Waals surface area contributed by atoms with Crippen LogP contribution in [0.2, 0.25) is 0 Å². The molecule has 0 radical (unpaired) electrons. The fourth-order valence-electron chi connectivity index (χ4n) is 2.95. The highest BCUT2D eigenvalue weighted by Crippen LogP contribution is 2.37. The van der Waals surface area contributed by atoms with Crippen LogP contribution < -0.4 is 19.5 Å². The van der Waals surface area contributed by atoms with Gasteiger partial charge >= 0.3 is 0 Å². The zero-order valence-corrected chi connectivity index (χ0v) is 15.6. The van der Waals surface area contributed by atoms with Crippen LogP contribution in [0.3, 0.4) is 0 Å². The second-order valence-corrected chi connectivity index (χ2v) is 6.50. The first-order valence-electron chi connectivity index (χ1n) is 8.17. The molecule has 1 aliphatic heterocycles. The molecule has 2 aromatic carbocycles. The van der Waals surface area contributed by atoms with Crippen molar-refractivity contribution in [2.24, 2.45) is 0 Å². The molecule has 1 heterocycles. The second kappa shape index (κ2) is 7.90. The van der Waals surface area contributed by atoms with Crippen LogP contribution in [0.25, 0.3) is 0 Å². The standard InChI is InChI=1S/C19H22BrNO3/c1-3-23-19-15(20)10-13(11-18(19)22-2)12-21-16-8-9-24-17-7-5-4-6-14(16)17/h4-7,10-11,16,21H,3,8-9,12H2,1-2H3/t16-/m1/s1. The normalized spacial score (nSPS) is 16.2. The zero-order chi connectivity index (χ0) is 16.9. The maximum Gasteiger partial charge on any atom is 0.175 e. The molecule has 1 N–H and O–H groups in total. The van der Waals surface area contributed by atoms with E-state index in [4.69, 9.17) is 14.2 Å². The third kappa shape index (κ3) is 3.68. The van der Waals surface area contributed by atoms with Gasteiger partial charge in [0.05, 0.1) is 24.8 Å². The molecular formula is C19H22BrNO3. The van der Waals surface area contributed by atoms with Gasteiger partial charge in [-0.2, -0.15) is 0 Å². The Hall–Kier alpha value is -1.72. The van der Waals surface area contributed by atoms with Crippen molar-refractivity contribution in [1.82, 2.24) is 5.32 Å². The largest absolute Gasteiger partial charge is 0.493 e. The second-order valence-electron chi connectivity index (χ2n) is 5.65. The monoisotopic (exact) mass is 391 g/mol. The van der Waals surface area contributed by atoms with Gasteiger partial charge in [-0.05, 0) is 46.6 Å². The Morgan fingerprint density at radius 3 is 2.92 bits per heavy atom. The molecule has 0 fully saturated rings. The summed E-state index contributed by atoms with van der Waals surface area (Å²) in [6.45, 7) is 4.06. The third-order valence-electron chi connectivity index (χ3n) is 4.09. The minimum atomic E-state index is 0.297. The van der Waals surface area contributed by atoms with E-state index in [2.05, 4.69) is 39.4 Å². The Kier molecular flexibility index (Phi) is 5.63. The van der Waals surface area contributed by atoms with Crippen molar-refractivity contribution in [3.8, 4) is 17.2 Å². The van der Waals surface area contributed by atoms with E-state index in [1.165, 1.54) is 5.56 Å². The average Bonchev–Trinajstić information content (AvgIpc) is 2.61. The van der Waals surface area contributed by atoms with E-state index in [1.807, 2.05) is 25.1 Å². The Balaban J connectivity index is 1.75. The van der Waals surface area contributed by atoms with E-state index in [1.54, 1.807) is 7.11 Å². The molecule has 0 amide bonds. The lowest BCUT2D eigenvalue weighted by molar-refractivity contribution is 0.252. The summed E-state index contributed by atoms with van der Waals surface area (Å²) in [5.41, 5.74) is 2.37. The zero-order valence-electron chi connectivity index (χ0n) is 14.0. The molecule has 1 atom stereocenters. The number of para-hydroxylation sites is 1. The van der Waals surface area contributed by atoms with Gasteiger partial charge in [0.15, 0.2) is 11.5 Å². The van der Waals surface area contributed by atoms with Crippen LogP contribution in [-0.4, -0.2) is 20.3 Å². The van der Waals surface area contributed by atoms with Crippen molar-refractivity contribution in [3.63, 3.8) is 0 Å². The van der Waals surface area contributed by atoms with Gasteiger partial charge in [0, 0.05) is 24.6 Å². The van der Waals surface area contributed by atoms with Crippen molar-refractivity contribution >= 4 is 15.9 Å². The summed E-state index contributed by atoms with van der Waals surface area (Å²) in [5, 5.41) is 3.63. The number of ether oxygens (including phenoxy) is 3. The Bertz CT molecular complexity index is 705. The van der Waals surface area contributed by atoms with Gasteiger partial charge in [-0.3, -0.25) is 0 Å². The average molecular weight is 392 g/mol. The van der Waals surface area contributed by atoms with Crippen LogP contribution in [0.15, 0.2) is 40.9 Å². The number of hydrogen-bond donors (Lipinski definition) is 1. The molecule has 0 saturated carbocycles. The SMILES string of the molecule is CCOc1c(Br)cc(CN[C@@H]2CCOc3ccccc32)cc1OC. The maximum atomic E-state index is 5.72. The van der Waals surface area contributed by atoms with Crippen LogP contribution in [0.5, 0.6) is 17.2 Å². The van der Waals surface area contributed by atoms with Gasteiger partial charge in [0.2, 0.25) is 0 Å². The molecule has 0 aromatic heterocycles. The number of methoxy groups -OCH3 is 1. The van der Waals surface area contributed by atoms with E-state index in [0.29, 0.717) is 12.6 Å². The Labute approximate surface area is 151 Å². The molecule has 128 valence electrons. The fourth-order valence-corrected chi connectivity index (χ4v) is 3.56. The molecule has 0 saturated heterocycles. The van der Waals surface area contributed by atoms with Crippen LogP contribution in [0, 0.1) is 0 Å². The predicted octanol–water partition coefficient (Wildman–Crippen LogP) is 4.47. The smallest absolute Gasteiger partial charge is 0.175 e. The highest BCUT2D eigenvalue weighted by molar-refractivity contribution is 9.10. The van der Waals surface area contributed by atoms with E-state index in [-0.39, 0.29) is 0 Å². The number of benzene rings is 2. The van der Waals surface area contributed by atoms with Gasteiger partial charge in [-0.15, -0.1) is 0 Å². The summed E-state index contributed by atoms with van der Waals surface area (Å²) in [6, 6.07) is 12.6. The van der Waals surface area contributed by atoms with E-state index >= 15 is 0 Å². The van der Waals surface area contributed by atoms with E-state index in [0.717, 1.165) is 46.9 Å². The van der Waals surface area contributed by atoms with Gasteiger partial charge in [-0.1, -0.05) is 18.2 Å². The van der Waals surface area contributed by atoms with Gasteiger partial charge < -0.3 is 19.5 Å². The lowest BCUT2D eigenvalue weighted by Crippen LogP contribution is -2.26. The summed E-state index contributed by atoms with van der Waals surface area (Å²) < 4.78 is 17.7. The maximum absolute atomic E-state index is 5.72. The summed E-state index contributed by atoms with van der Waals surface area (Å²) in [4.78, 5) is 0. The number of rotatable bonds is 6. The highest BCUT2D eigenvalue weighted by atomic mass is 79.9. The summed E-state index contributed by atoms with van der Waals surface area (Å²) >= 11 is 3.58. The van der Waals surface area contributed by atoms with E-state index < -0.39 is 0 Å². The third-order valence-corrected chi connectivity index (χ3v) is 4.68. The number of fused-ring (bicyclic) bond motifs is 1. The number of nitrogens with one attached hydrogen (secondary N) is 1. The Morgan fingerprint density at radius 2 is 2.12 bits per heavy atom. The summed E-state index contributed by atoms with van der Waals surface area (Å²) in [5.74, 6) is 2.47. The van der Waals surface area contributed by atoms with Gasteiger partial charge in [0.1, 0.15) is 5.75 Å². The molecule has 1 aliphatic rings. The molecule has 3 rings (SSSR count). The van der Waals surface area contributed by atoms with Crippen LogP contribution in [0.1, 0.15) is 30.5 Å². The van der Waals surface area contributed by atoms with Crippen molar-refractivity contribution < 1.29 is 14.2 Å². The van der Waals surface area contributed by atoms with Crippen molar-refractivity contribution in [3.05, 3.63) is 52.0 Å². The first-order valence-corrected chi connectivity index (χ1v) is 8.96. The van der Waals surface area contributed by atoms with Crippen LogP contribution in [-0.2, 0) is 6.54 Å². The molecule has 4 nitrogen and oxygen atoms in total. The molecule has 2 aromatic rings. The quantitative estimate of drug-likeness (QED) is 0.788. The summed E-state index contributed by atoms with van der Waals surface area (Å²) in [6.07, 6.45) is 0.965. The van der Waals surface area contributed by atoms with E-state index in [9.17, 15) is 0 Å². The first-order chi connectivity index (χ1) is 11.7. The highest BCUT2D eigenvalue weighted by Gasteiger charge is 2.20. The van der Waals surface area contributed by atoms with Crippen molar-refractivity contribution in [1.29, 1.82) is 0 Å². The molecule has 0 unspecified atom stereocenters. The molecule has 0 aliphatic carbocycles. The number of hydrogen-bond acceptors (Lipinski definition) is 4. The van der Waals surface area contributed by atoms with Gasteiger partial charge in [0.25, 0.3) is 0 Å². The Morgan fingerprint density at radius 1 is 1.29 bits per heavy atom. The molecule has 0 bridgehead atoms. The topological polar surface area (TPSA) is 39.7 Å². The number of halogens is 1. The lowest BCUT2D eigenvalue weighted by Gasteiger charge is -2.27. The predicted molar refractivity (Wildman–Crippen MR) is 98.0 cm³/mol. The van der Waals surface area contributed by atoms with Crippen molar-refractivity contribution in [2.45, 2.75) is 25.9 Å².